The molecule has 2 heterocycles. The normalized spacial score (nSPS) is 16.1. The highest BCUT2D eigenvalue weighted by molar-refractivity contribution is 6.32. The predicted octanol–water partition coefficient (Wildman–Crippen LogP) is 3.27. The summed E-state index contributed by atoms with van der Waals surface area (Å²) in [6.07, 6.45) is 3.32. The van der Waals surface area contributed by atoms with Gasteiger partial charge in [-0.15, -0.1) is 0 Å². The van der Waals surface area contributed by atoms with Crippen molar-refractivity contribution in [3.8, 4) is 0 Å². The van der Waals surface area contributed by atoms with Crippen LogP contribution in [0.2, 0.25) is 5.15 Å². The first-order valence-electron chi connectivity index (χ1n) is 8.00. The highest BCUT2D eigenvalue weighted by atomic mass is 35.5. The number of likely N-dealkylation sites (tertiary alicyclic amines) is 1. The van der Waals surface area contributed by atoms with Crippen LogP contribution in [0, 0.1) is 5.82 Å². The van der Waals surface area contributed by atoms with Crippen LogP contribution in [0.3, 0.4) is 0 Å². The van der Waals surface area contributed by atoms with Gasteiger partial charge in [0, 0.05) is 31.9 Å². The summed E-state index contributed by atoms with van der Waals surface area (Å²) < 4.78 is 12.9. The van der Waals surface area contributed by atoms with Gasteiger partial charge in [-0.2, -0.15) is 0 Å². The van der Waals surface area contributed by atoms with E-state index in [1.54, 1.807) is 18.3 Å². The molecule has 0 unspecified atom stereocenters. The first kappa shape index (κ1) is 16.9. The van der Waals surface area contributed by atoms with E-state index in [-0.39, 0.29) is 22.9 Å². The van der Waals surface area contributed by atoms with E-state index in [1.165, 1.54) is 12.1 Å². The SMILES string of the molecule is O=C(NC1CCN(Cc2ccc(F)cc2)CC1)c1cccnc1Cl. The quantitative estimate of drug-likeness (QED) is 0.863. The topological polar surface area (TPSA) is 45.2 Å². The number of carbonyl (C=O) groups is 1. The molecule has 1 fully saturated rings. The lowest BCUT2D eigenvalue weighted by Gasteiger charge is -2.32. The Morgan fingerprint density at radius 2 is 1.96 bits per heavy atom. The summed E-state index contributed by atoms with van der Waals surface area (Å²) in [5.74, 6) is -0.390. The van der Waals surface area contributed by atoms with Crippen LogP contribution in [-0.2, 0) is 6.54 Å². The third-order valence-corrected chi connectivity index (χ3v) is 4.55. The van der Waals surface area contributed by atoms with Crippen molar-refractivity contribution < 1.29 is 9.18 Å². The number of halogens is 2. The van der Waals surface area contributed by atoms with Gasteiger partial charge >= 0.3 is 0 Å². The number of amides is 1. The summed E-state index contributed by atoms with van der Waals surface area (Å²) >= 11 is 5.95. The summed E-state index contributed by atoms with van der Waals surface area (Å²) in [7, 11) is 0. The molecule has 0 atom stereocenters. The van der Waals surface area contributed by atoms with E-state index < -0.39 is 0 Å². The van der Waals surface area contributed by atoms with Crippen LogP contribution in [0.1, 0.15) is 28.8 Å². The molecule has 3 rings (SSSR count). The molecule has 1 saturated heterocycles. The van der Waals surface area contributed by atoms with Gasteiger partial charge in [0.2, 0.25) is 0 Å². The van der Waals surface area contributed by atoms with E-state index in [0.29, 0.717) is 5.56 Å². The van der Waals surface area contributed by atoms with Crippen LogP contribution < -0.4 is 5.32 Å². The fourth-order valence-corrected chi connectivity index (χ4v) is 3.11. The lowest BCUT2D eigenvalue weighted by Crippen LogP contribution is -2.44. The standard InChI is InChI=1S/C18H19ClFN3O/c19-17-16(2-1-9-21-17)18(24)22-15-7-10-23(11-8-15)12-13-3-5-14(20)6-4-13/h1-6,9,15H,7-8,10-12H2,(H,22,24). The Hall–Kier alpha value is -1.98. The third kappa shape index (κ3) is 4.30. The minimum Gasteiger partial charge on any atom is -0.349 e. The molecular formula is C18H19ClFN3O. The fourth-order valence-electron chi connectivity index (χ4n) is 2.90. The molecule has 0 saturated carbocycles. The maximum absolute atomic E-state index is 12.9. The number of rotatable bonds is 4. The van der Waals surface area contributed by atoms with Gasteiger partial charge in [0.15, 0.2) is 0 Å². The Bertz CT molecular complexity index is 700. The number of carbonyl (C=O) groups excluding carboxylic acids is 1. The Kier molecular flexibility index (Phi) is 5.43. The Labute approximate surface area is 145 Å². The van der Waals surface area contributed by atoms with E-state index in [1.807, 2.05) is 12.1 Å². The molecule has 24 heavy (non-hydrogen) atoms. The molecule has 6 heteroatoms. The van der Waals surface area contributed by atoms with Crippen molar-refractivity contribution >= 4 is 17.5 Å². The maximum atomic E-state index is 12.9. The average Bonchev–Trinajstić information content (AvgIpc) is 2.59. The molecule has 126 valence electrons. The molecule has 4 nitrogen and oxygen atoms in total. The third-order valence-electron chi connectivity index (χ3n) is 4.25. The molecule has 0 aliphatic carbocycles. The molecule has 1 aliphatic rings. The zero-order valence-electron chi connectivity index (χ0n) is 13.2. The van der Waals surface area contributed by atoms with Crippen molar-refractivity contribution in [1.82, 2.24) is 15.2 Å². The number of nitrogens with zero attached hydrogens (tertiary/aromatic N) is 2. The Morgan fingerprint density at radius 1 is 1.25 bits per heavy atom. The van der Waals surface area contributed by atoms with Gasteiger partial charge in [0.25, 0.3) is 5.91 Å². The second-order valence-electron chi connectivity index (χ2n) is 5.99. The minimum atomic E-state index is -0.214. The molecule has 1 aromatic heterocycles. The van der Waals surface area contributed by atoms with Crippen LogP contribution in [0.4, 0.5) is 4.39 Å². The average molecular weight is 348 g/mol. The number of benzene rings is 1. The van der Waals surface area contributed by atoms with Crippen molar-refractivity contribution in [3.05, 3.63) is 64.7 Å². The van der Waals surface area contributed by atoms with Gasteiger partial charge in [0.05, 0.1) is 5.56 Å². The zero-order chi connectivity index (χ0) is 16.9. The number of hydrogen-bond donors (Lipinski definition) is 1. The van der Waals surface area contributed by atoms with Crippen LogP contribution in [-0.4, -0.2) is 34.9 Å². The molecule has 1 amide bonds. The van der Waals surface area contributed by atoms with Gasteiger partial charge in [0.1, 0.15) is 11.0 Å². The second kappa shape index (κ2) is 7.73. The van der Waals surface area contributed by atoms with Gasteiger partial charge < -0.3 is 5.32 Å². The van der Waals surface area contributed by atoms with Gasteiger partial charge in [-0.05, 0) is 42.7 Å². The fraction of sp³-hybridized carbons (Fsp3) is 0.333. The van der Waals surface area contributed by atoms with E-state index >= 15 is 0 Å². The largest absolute Gasteiger partial charge is 0.349 e. The molecule has 0 spiro atoms. The number of aromatic nitrogens is 1. The van der Waals surface area contributed by atoms with Gasteiger partial charge in [-0.3, -0.25) is 9.69 Å². The Morgan fingerprint density at radius 3 is 2.62 bits per heavy atom. The minimum absolute atomic E-state index is 0.137. The van der Waals surface area contributed by atoms with Crippen molar-refractivity contribution in [1.29, 1.82) is 0 Å². The van der Waals surface area contributed by atoms with Crippen LogP contribution in [0.25, 0.3) is 0 Å². The predicted molar refractivity (Wildman–Crippen MR) is 91.4 cm³/mol. The van der Waals surface area contributed by atoms with E-state index in [2.05, 4.69) is 15.2 Å². The Balaban J connectivity index is 1.49. The van der Waals surface area contributed by atoms with E-state index in [4.69, 9.17) is 11.6 Å². The molecule has 1 N–H and O–H groups in total. The summed E-state index contributed by atoms with van der Waals surface area (Å²) in [4.78, 5) is 18.5. The lowest BCUT2D eigenvalue weighted by atomic mass is 10.0. The van der Waals surface area contributed by atoms with Crippen LogP contribution in [0.15, 0.2) is 42.6 Å². The van der Waals surface area contributed by atoms with Crippen molar-refractivity contribution in [2.24, 2.45) is 0 Å². The maximum Gasteiger partial charge on any atom is 0.254 e. The van der Waals surface area contributed by atoms with E-state index in [0.717, 1.165) is 38.0 Å². The number of pyridine rings is 1. The van der Waals surface area contributed by atoms with Gasteiger partial charge in [-0.25, -0.2) is 9.37 Å². The van der Waals surface area contributed by atoms with Gasteiger partial charge in [-0.1, -0.05) is 23.7 Å². The summed E-state index contributed by atoms with van der Waals surface area (Å²) in [5, 5.41) is 3.25. The molecule has 1 aliphatic heterocycles. The highest BCUT2D eigenvalue weighted by Crippen LogP contribution is 2.16. The number of nitrogens with one attached hydrogen (secondary N) is 1. The number of hydrogen-bond acceptors (Lipinski definition) is 3. The van der Waals surface area contributed by atoms with Crippen molar-refractivity contribution in [3.63, 3.8) is 0 Å². The van der Waals surface area contributed by atoms with Crippen molar-refractivity contribution in [2.45, 2.75) is 25.4 Å². The van der Waals surface area contributed by atoms with Crippen LogP contribution in [0.5, 0.6) is 0 Å². The monoisotopic (exact) mass is 347 g/mol. The highest BCUT2D eigenvalue weighted by Gasteiger charge is 2.22. The number of piperidine rings is 1. The molecule has 0 bridgehead atoms. The first-order valence-corrected chi connectivity index (χ1v) is 8.38. The molecular weight excluding hydrogens is 329 g/mol. The van der Waals surface area contributed by atoms with E-state index in [9.17, 15) is 9.18 Å². The molecule has 0 radical (unpaired) electrons. The van der Waals surface area contributed by atoms with Crippen molar-refractivity contribution in [2.75, 3.05) is 13.1 Å². The smallest absolute Gasteiger partial charge is 0.254 e. The summed E-state index contributed by atoms with van der Waals surface area (Å²) in [6, 6.07) is 10.1. The van der Waals surface area contributed by atoms with Crippen LogP contribution >= 0.6 is 11.6 Å². The first-order chi connectivity index (χ1) is 11.6. The lowest BCUT2D eigenvalue weighted by molar-refractivity contribution is 0.0908. The summed E-state index contributed by atoms with van der Waals surface area (Å²) in [5.41, 5.74) is 1.51. The zero-order valence-corrected chi connectivity index (χ0v) is 14.0. The second-order valence-corrected chi connectivity index (χ2v) is 6.35. The molecule has 2 aromatic rings. The molecule has 1 aromatic carbocycles. The summed E-state index contributed by atoms with van der Waals surface area (Å²) in [6.45, 7) is 2.58.